The molecule has 1 aromatic rings. The highest BCUT2D eigenvalue weighted by molar-refractivity contribution is 7.07. The Kier molecular flexibility index (Phi) is 8.28. The number of nitrogens with one attached hydrogen (secondary N) is 1. The number of unbranched alkanes of at least 4 members (excludes halogenated alkanes) is 5. The van der Waals surface area contributed by atoms with Gasteiger partial charge in [0.25, 0.3) is 0 Å². The maximum Gasteiger partial charge on any atom is 0.0795 e. The van der Waals surface area contributed by atoms with E-state index in [0.717, 1.165) is 6.54 Å². The van der Waals surface area contributed by atoms with E-state index in [-0.39, 0.29) is 0 Å². The summed E-state index contributed by atoms with van der Waals surface area (Å²) in [7, 11) is 0. The third kappa shape index (κ3) is 6.18. The molecule has 0 amide bonds. The van der Waals surface area contributed by atoms with E-state index in [1.54, 1.807) is 11.3 Å². The number of hydrogen-bond acceptors (Lipinski definition) is 3. The van der Waals surface area contributed by atoms with Crippen LogP contribution in [0.2, 0.25) is 0 Å². The first-order chi connectivity index (χ1) is 8.38. The Balaban J connectivity index is 2.17. The van der Waals surface area contributed by atoms with Gasteiger partial charge in [-0.2, -0.15) is 0 Å². The molecule has 1 heterocycles. The first kappa shape index (κ1) is 14.7. The third-order valence-corrected chi connectivity index (χ3v) is 3.71. The predicted octanol–water partition coefficient (Wildman–Crippen LogP) is 4.54. The monoisotopic (exact) mass is 254 g/mol. The molecule has 1 rings (SSSR count). The summed E-state index contributed by atoms with van der Waals surface area (Å²) in [5, 5.41) is 5.70. The van der Waals surface area contributed by atoms with Crippen LogP contribution in [0.3, 0.4) is 0 Å². The largest absolute Gasteiger partial charge is 0.309 e. The quantitative estimate of drug-likeness (QED) is 0.620. The number of thiazole rings is 1. The lowest BCUT2D eigenvalue weighted by molar-refractivity contribution is 0.470. The van der Waals surface area contributed by atoms with Crippen molar-refractivity contribution in [3.05, 3.63) is 16.6 Å². The molecule has 0 aliphatic carbocycles. The number of aromatic nitrogens is 1. The molecule has 17 heavy (non-hydrogen) atoms. The maximum absolute atomic E-state index is 4.42. The minimum atomic E-state index is 0.470. The minimum Gasteiger partial charge on any atom is -0.309 e. The van der Waals surface area contributed by atoms with Crippen LogP contribution in [0, 0.1) is 0 Å². The molecule has 0 aromatic carbocycles. The zero-order valence-electron chi connectivity index (χ0n) is 11.2. The van der Waals surface area contributed by atoms with Crippen molar-refractivity contribution < 1.29 is 0 Å². The predicted molar refractivity (Wildman–Crippen MR) is 76.5 cm³/mol. The van der Waals surface area contributed by atoms with Crippen molar-refractivity contribution in [1.29, 1.82) is 0 Å². The highest BCUT2D eigenvalue weighted by Crippen LogP contribution is 2.20. The highest BCUT2D eigenvalue weighted by Gasteiger charge is 2.11. The Morgan fingerprint density at radius 3 is 2.59 bits per heavy atom. The summed E-state index contributed by atoms with van der Waals surface area (Å²) in [6.07, 6.45) is 9.43. The highest BCUT2D eigenvalue weighted by atomic mass is 32.1. The Morgan fingerprint density at radius 2 is 1.94 bits per heavy atom. The summed E-state index contributed by atoms with van der Waals surface area (Å²) in [4.78, 5) is 4.42. The fourth-order valence-electron chi connectivity index (χ4n) is 2.12. The van der Waals surface area contributed by atoms with Crippen molar-refractivity contribution in [2.75, 3.05) is 6.54 Å². The first-order valence-electron chi connectivity index (χ1n) is 7.00. The molecular formula is C14H26N2S. The average molecular weight is 254 g/mol. The van der Waals surface area contributed by atoms with Crippen LogP contribution in [-0.2, 0) is 0 Å². The van der Waals surface area contributed by atoms with Crippen LogP contribution >= 0.6 is 11.3 Å². The van der Waals surface area contributed by atoms with Crippen LogP contribution in [0.1, 0.15) is 70.5 Å². The second-order valence-electron chi connectivity index (χ2n) is 4.58. The topological polar surface area (TPSA) is 24.9 Å². The molecule has 1 N–H and O–H groups in total. The van der Waals surface area contributed by atoms with Crippen molar-refractivity contribution in [3.8, 4) is 0 Å². The second-order valence-corrected chi connectivity index (χ2v) is 5.30. The smallest absolute Gasteiger partial charge is 0.0795 e. The van der Waals surface area contributed by atoms with Gasteiger partial charge < -0.3 is 5.32 Å². The van der Waals surface area contributed by atoms with Gasteiger partial charge in [-0.15, -0.1) is 11.3 Å². The fraction of sp³-hybridized carbons (Fsp3) is 0.786. The molecule has 0 fully saturated rings. The van der Waals surface area contributed by atoms with Crippen LogP contribution < -0.4 is 5.32 Å². The van der Waals surface area contributed by atoms with Gasteiger partial charge in [-0.25, -0.2) is 4.98 Å². The first-order valence-corrected chi connectivity index (χ1v) is 7.94. The number of rotatable bonds is 10. The average Bonchev–Trinajstić information content (AvgIpc) is 2.86. The molecule has 0 radical (unpaired) electrons. The molecule has 1 atom stereocenters. The zero-order valence-corrected chi connectivity index (χ0v) is 12.1. The van der Waals surface area contributed by atoms with Crippen molar-refractivity contribution in [3.63, 3.8) is 0 Å². The summed E-state index contributed by atoms with van der Waals surface area (Å²) >= 11 is 1.69. The van der Waals surface area contributed by atoms with E-state index in [1.165, 1.54) is 50.6 Å². The van der Waals surface area contributed by atoms with Crippen molar-refractivity contribution in [1.82, 2.24) is 10.3 Å². The third-order valence-electron chi connectivity index (χ3n) is 3.11. The van der Waals surface area contributed by atoms with Gasteiger partial charge in [-0.1, -0.05) is 52.4 Å². The molecule has 0 saturated heterocycles. The van der Waals surface area contributed by atoms with Gasteiger partial charge in [0.2, 0.25) is 0 Å². The normalized spacial score (nSPS) is 12.8. The lowest BCUT2D eigenvalue weighted by atomic mass is 10.0. The Morgan fingerprint density at radius 1 is 1.18 bits per heavy atom. The molecule has 98 valence electrons. The molecular weight excluding hydrogens is 228 g/mol. The van der Waals surface area contributed by atoms with E-state index < -0.39 is 0 Å². The lowest BCUT2D eigenvalue weighted by Gasteiger charge is -2.15. The maximum atomic E-state index is 4.42. The molecule has 2 nitrogen and oxygen atoms in total. The Labute approximate surface area is 110 Å². The van der Waals surface area contributed by atoms with Crippen LogP contribution in [0.4, 0.5) is 0 Å². The fourth-order valence-corrected chi connectivity index (χ4v) is 2.73. The van der Waals surface area contributed by atoms with Crippen molar-refractivity contribution in [2.24, 2.45) is 0 Å². The summed E-state index contributed by atoms with van der Waals surface area (Å²) < 4.78 is 0. The SMILES string of the molecule is CCCCCCCCC(NCC)c1cscn1. The second kappa shape index (κ2) is 9.60. The molecule has 0 saturated carbocycles. The lowest BCUT2D eigenvalue weighted by Crippen LogP contribution is -2.21. The van der Waals surface area contributed by atoms with Gasteiger partial charge >= 0.3 is 0 Å². The summed E-state index contributed by atoms with van der Waals surface area (Å²) in [6, 6.07) is 0.470. The van der Waals surface area contributed by atoms with Crippen LogP contribution in [0.25, 0.3) is 0 Å². The van der Waals surface area contributed by atoms with Crippen LogP contribution in [-0.4, -0.2) is 11.5 Å². The summed E-state index contributed by atoms with van der Waals surface area (Å²) in [5.41, 5.74) is 3.16. The van der Waals surface area contributed by atoms with E-state index in [0.29, 0.717) is 6.04 Å². The van der Waals surface area contributed by atoms with Gasteiger partial charge in [0, 0.05) is 5.38 Å². The molecule has 1 unspecified atom stereocenters. The van der Waals surface area contributed by atoms with Crippen molar-refractivity contribution in [2.45, 2.75) is 64.8 Å². The molecule has 0 aliphatic rings. The minimum absolute atomic E-state index is 0.470. The number of hydrogen-bond donors (Lipinski definition) is 1. The van der Waals surface area contributed by atoms with Gasteiger partial charge in [0.1, 0.15) is 0 Å². The van der Waals surface area contributed by atoms with Gasteiger partial charge in [0.05, 0.1) is 17.2 Å². The van der Waals surface area contributed by atoms with E-state index in [4.69, 9.17) is 0 Å². The molecule has 0 spiro atoms. The standard InChI is InChI=1S/C14H26N2S/c1-3-5-6-7-8-9-10-13(15-4-2)14-11-17-12-16-14/h11-13,15H,3-10H2,1-2H3. The zero-order chi connectivity index (χ0) is 12.3. The molecule has 1 aromatic heterocycles. The van der Waals surface area contributed by atoms with E-state index in [1.807, 2.05) is 5.51 Å². The Hall–Kier alpha value is -0.410. The van der Waals surface area contributed by atoms with E-state index in [9.17, 15) is 0 Å². The molecule has 3 heteroatoms. The van der Waals surface area contributed by atoms with Gasteiger partial charge in [0.15, 0.2) is 0 Å². The van der Waals surface area contributed by atoms with Crippen LogP contribution in [0.15, 0.2) is 10.9 Å². The summed E-state index contributed by atoms with van der Waals surface area (Å²) in [6.45, 7) is 5.46. The summed E-state index contributed by atoms with van der Waals surface area (Å²) in [5.74, 6) is 0. The van der Waals surface area contributed by atoms with E-state index in [2.05, 4.69) is 29.5 Å². The Bertz CT molecular complexity index is 259. The van der Waals surface area contributed by atoms with E-state index >= 15 is 0 Å². The van der Waals surface area contributed by atoms with Crippen LogP contribution in [0.5, 0.6) is 0 Å². The van der Waals surface area contributed by atoms with Crippen molar-refractivity contribution >= 4 is 11.3 Å². The number of nitrogens with zero attached hydrogens (tertiary/aromatic N) is 1. The van der Waals surface area contributed by atoms with Gasteiger partial charge in [-0.3, -0.25) is 0 Å². The molecule has 0 aliphatic heterocycles. The molecule has 0 bridgehead atoms. The van der Waals surface area contributed by atoms with Gasteiger partial charge in [-0.05, 0) is 13.0 Å².